The van der Waals surface area contributed by atoms with Crippen LogP contribution in [0.15, 0.2) is 12.3 Å². The normalized spacial score (nSPS) is 30.5. The Hall–Kier alpha value is -1.67. The number of fused-ring (bicyclic) bond motifs is 1. The molecule has 2 aliphatic rings. The Bertz CT molecular complexity index is 498. The van der Waals surface area contributed by atoms with Gasteiger partial charge in [-0.3, -0.25) is 0 Å². The molecule has 1 N–H and O–H groups in total. The summed E-state index contributed by atoms with van der Waals surface area (Å²) in [7, 11) is 0. The molecule has 0 spiro atoms. The van der Waals surface area contributed by atoms with Crippen LogP contribution >= 0.6 is 0 Å². The van der Waals surface area contributed by atoms with E-state index in [2.05, 4.69) is 21.2 Å². The Balaban J connectivity index is 1.88. The van der Waals surface area contributed by atoms with Crippen molar-refractivity contribution in [1.82, 2.24) is 10.2 Å². The van der Waals surface area contributed by atoms with Crippen molar-refractivity contribution in [1.29, 1.82) is 5.26 Å². The van der Waals surface area contributed by atoms with Crippen molar-refractivity contribution >= 4 is 5.82 Å². The highest BCUT2D eigenvalue weighted by atomic mass is 16.3. The van der Waals surface area contributed by atoms with E-state index in [1.165, 1.54) is 19.0 Å². The maximum absolute atomic E-state index is 10.2. The first-order chi connectivity index (χ1) is 9.29. The third kappa shape index (κ3) is 2.28. The van der Waals surface area contributed by atoms with Crippen LogP contribution in [0.5, 0.6) is 0 Å². The van der Waals surface area contributed by atoms with Gasteiger partial charge in [0.15, 0.2) is 5.82 Å². The highest BCUT2D eigenvalue weighted by Gasteiger charge is 2.39. The lowest BCUT2D eigenvalue weighted by atomic mass is 9.76. The molecule has 2 heterocycles. The molecule has 100 valence electrons. The second-order valence-electron chi connectivity index (χ2n) is 5.48. The zero-order valence-electron chi connectivity index (χ0n) is 10.9. The van der Waals surface area contributed by atoms with Gasteiger partial charge in [0.25, 0.3) is 0 Å². The van der Waals surface area contributed by atoms with E-state index in [4.69, 9.17) is 5.26 Å². The third-order valence-electron chi connectivity index (χ3n) is 4.41. The molecule has 0 radical (unpaired) electrons. The fraction of sp³-hybridized carbons (Fsp3) is 0.643. The van der Waals surface area contributed by atoms with Crippen molar-refractivity contribution in [2.45, 2.75) is 44.2 Å². The molecule has 5 nitrogen and oxygen atoms in total. The molecular formula is C14H18N4O. The van der Waals surface area contributed by atoms with Crippen LogP contribution in [-0.2, 0) is 0 Å². The van der Waals surface area contributed by atoms with E-state index in [0.717, 1.165) is 31.6 Å². The van der Waals surface area contributed by atoms with Crippen molar-refractivity contribution in [2.75, 3.05) is 11.4 Å². The largest absolute Gasteiger partial charge is 0.393 e. The Morgan fingerprint density at radius 2 is 2.16 bits per heavy atom. The SMILES string of the molecule is N#Cc1cnnc(N2CCC(O)C3CCCCC32)c1. The van der Waals surface area contributed by atoms with Crippen LogP contribution in [0.4, 0.5) is 5.82 Å². The maximum atomic E-state index is 10.2. The molecule has 0 bridgehead atoms. The lowest BCUT2D eigenvalue weighted by Crippen LogP contribution is -2.53. The van der Waals surface area contributed by atoms with Crippen molar-refractivity contribution in [3.63, 3.8) is 0 Å². The van der Waals surface area contributed by atoms with Gasteiger partial charge >= 0.3 is 0 Å². The Morgan fingerprint density at radius 3 is 3.00 bits per heavy atom. The van der Waals surface area contributed by atoms with Crippen LogP contribution in [0.1, 0.15) is 37.7 Å². The average Bonchev–Trinajstić information content (AvgIpc) is 2.48. The lowest BCUT2D eigenvalue weighted by molar-refractivity contribution is 0.0446. The minimum absolute atomic E-state index is 0.186. The molecule has 1 aromatic rings. The zero-order valence-corrected chi connectivity index (χ0v) is 10.9. The first kappa shape index (κ1) is 12.4. The van der Waals surface area contributed by atoms with Gasteiger partial charge in [0.1, 0.15) is 6.07 Å². The van der Waals surface area contributed by atoms with Gasteiger partial charge in [-0.15, -0.1) is 5.10 Å². The number of nitrogens with zero attached hydrogens (tertiary/aromatic N) is 4. The van der Waals surface area contributed by atoms with Crippen molar-refractivity contribution in [3.8, 4) is 6.07 Å². The number of aliphatic hydroxyl groups is 1. The van der Waals surface area contributed by atoms with Crippen LogP contribution in [-0.4, -0.2) is 34.0 Å². The van der Waals surface area contributed by atoms with Gasteiger partial charge in [0, 0.05) is 24.6 Å². The molecular weight excluding hydrogens is 240 g/mol. The summed E-state index contributed by atoms with van der Waals surface area (Å²) < 4.78 is 0. The number of nitriles is 1. The van der Waals surface area contributed by atoms with E-state index >= 15 is 0 Å². The molecule has 2 fully saturated rings. The van der Waals surface area contributed by atoms with Crippen LogP contribution < -0.4 is 4.90 Å². The lowest BCUT2D eigenvalue weighted by Gasteiger charge is -2.46. The molecule has 0 aromatic carbocycles. The summed E-state index contributed by atoms with van der Waals surface area (Å²) >= 11 is 0. The van der Waals surface area contributed by atoms with Gasteiger partial charge in [-0.2, -0.15) is 10.4 Å². The summed E-state index contributed by atoms with van der Waals surface area (Å²) in [5.74, 6) is 1.12. The number of aromatic nitrogens is 2. The number of aliphatic hydroxyl groups excluding tert-OH is 1. The quantitative estimate of drug-likeness (QED) is 0.826. The van der Waals surface area contributed by atoms with Crippen molar-refractivity contribution < 1.29 is 5.11 Å². The minimum atomic E-state index is -0.186. The molecule has 0 amide bonds. The first-order valence-corrected chi connectivity index (χ1v) is 6.97. The van der Waals surface area contributed by atoms with Crippen LogP contribution in [0, 0.1) is 17.2 Å². The summed E-state index contributed by atoms with van der Waals surface area (Å²) in [4.78, 5) is 2.24. The van der Waals surface area contributed by atoms with Crippen LogP contribution in [0.25, 0.3) is 0 Å². The molecule has 1 saturated heterocycles. The van der Waals surface area contributed by atoms with Gasteiger partial charge < -0.3 is 10.0 Å². The molecule has 19 heavy (non-hydrogen) atoms. The first-order valence-electron chi connectivity index (χ1n) is 6.97. The Labute approximate surface area is 112 Å². The predicted octanol–water partition coefficient (Wildman–Crippen LogP) is 1.48. The standard InChI is InChI=1S/C14H18N4O/c15-8-10-7-14(17-16-9-10)18-6-5-13(19)11-3-1-2-4-12(11)18/h7,9,11-13,19H,1-6H2. The summed E-state index contributed by atoms with van der Waals surface area (Å²) in [6.45, 7) is 0.798. The van der Waals surface area contributed by atoms with Crippen molar-refractivity contribution in [2.24, 2.45) is 5.92 Å². The molecule has 5 heteroatoms. The number of rotatable bonds is 1. The van der Waals surface area contributed by atoms with Gasteiger partial charge in [0.2, 0.25) is 0 Å². The summed E-state index contributed by atoms with van der Waals surface area (Å²) in [6.07, 6.45) is 6.67. The molecule has 3 atom stereocenters. The number of hydrogen-bond acceptors (Lipinski definition) is 5. The summed E-state index contributed by atoms with van der Waals surface area (Å²) in [6, 6.07) is 4.26. The van der Waals surface area contributed by atoms with E-state index in [-0.39, 0.29) is 6.10 Å². The fourth-order valence-corrected chi connectivity index (χ4v) is 3.47. The highest BCUT2D eigenvalue weighted by Crippen LogP contribution is 2.37. The summed E-state index contributed by atoms with van der Waals surface area (Å²) in [5.41, 5.74) is 0.545. The van der Waals surface area contributed by atoms with Crippen molar-refractivity contribution in [3.05, 3.63) is 17.8 Å². The van der Waals surface area contributed by atoms with E-state index in [1.807, 2.05) is 0 Å². The molecule has 1 saturated carbocycles. The topological polar surface area (TPSA) is 73.0 Å². The predicted molar refractivity (Wildman–Crippen MR) is 70.5 cm³/mol. The van der Waals surface area contributed by atoms with Crippen LogP contribution in [0.3, 0.4) is 0 Å². The molecule has 1 aliphatic heterocycles. The Kier molecular flexibility index (Phi) is 3.34. The average molecular weight is 258 g/mol. The molecule has 1 aromatic heterocycles. The molecule has 3 rings (SSSR count). The molecule has 3 unspecified atom stereocenters. The number of anilines is 1. The van der Waals surface area contributed by atoms with Crippen LogP contribution in [0.2, 0.25) is 0 Å². The van der Waals surface area contributed by atoms with Gasteiger partial charge in [-0.25, -0.2) is 0 Å². The second kappa shape index (κ2) is 5.14. The fourth-order valence-electron chi connectivity index (χ4n) is 3.47. The highest BCUT2D eigenvalue weighted by molar-refractivity contribution is 5.45. The van der Waals surface area contributed by atoms with E-state index in [0.29, 0.717) is 17.5 Å². The second-order valence-corrected chi connectivity index (χ2v) is 5.48. The van der Waals surface area contributed by atoms with Gasteiger partial charge in [-0.05, 0) is 19.3 Å². The maximum Gasteiger partial charge on any atom is 0.152 e. The van der Waals surface area contributed by atoms with E-state index < -0.39 is 0 Å². The third-order valence-corrected chi connectivity index (χ3v) is 4.41. The number of hydrogen-bond donors (Lipinski definition) is 1. The minimum Gasteiger partial charge on any atom is -0.393 e. The van der Waals surface area contributed by atoms with Gasteiger partial charge in [0.05, 0.1) is 17.9 Å². The monoisotopic (exact) mass is 258 g/mol. The van der Waals surface area contributed by atoms with E-state index in [1.54, 1.807) is 6.07 Å². The van der Waals surface area contributed by atoms with E-state index in [9.17, 15) is 5.11 Å². The Morgan fingerprint density at radius 1 is 1.32 bits per heavy atom. The van der Waals surface area contributed by atoms with Gasteiger partial charge in [-0.1, -0.05) is 12.8 Å². The zero-order chi connectivity index (χ0) is 13.2. The smallest absolute Gasteiger partial charge is 0.152 e. The number of piperidine rings is 1. The summed E-state index contributed by atoms with van der Waals surface area (Å²) in [5, 5.41) is 27.2. The molecule has 1 aliphatic carbocycles.